The summed E-state index contributed by atoms with van der Waals surface area (Å²) in [4.78, 5) is 14.9. The number of fused-ring (bicyclic) bond motifs is 3. The van der Waals surface area contributed by atoms with E-state index in [0.29, 0.717) is 44.1 Å². The fourth-order valence-corrected chi connectivity index (χ4v) is 5.65. The lowest BCUT2D eigenvalue weighted by Gasteiger charge is -2.44. The Hall–Kier alpha value is -2.38. The first-order chi connectivity index (χ1) is 15.1. The second kappa shape index (κ2) is 7.35. The Morgan fingerprint density at radius 1 is 1.00 bits per heavy atom. The van der Waals surface area contributed by atoms with Crippen molar-refractivity contribution in [2.24, 2.45) is 0 Å². The quantitative estimate of drug-likeness (QED) is 0.796. The molecule has 1 saturated carbocycles. The van der Waals surface area contributed by atoms with Crippen LogP contribution in [0.3, 0.4) is 0 Å². The molecule has 4 aliphatic rings. The largest absolute Gasteiger partial charge is 0.486 e. The first-order valence-corrected chi connectivity index (χ1v) is 11.5. The predicted octanol–water partition coefficient (Wildman–Crippen LogP) is 2.45. The predicted molar refractivity (Wildman–Crippen MR) is 114 cm³/mol. The molecule has 1 N–H and O–H groups in total. The number of rotatable bonds is 5. The Morgan fingerprint density at radius 2 is 1.74 bits per heavy atom. The van der Waals surface area contributed by atoms with Crippen LogP contribution in [0.5, 0.6) is 11.5 Å². The standard InChI is InChI=1S/C24H29N3O4/c28-23-8-6-20(17-2-3-17)25-27(23)15-24(29)12-18-4-5-19(13-24)26(18)14-16-1-7-21-22(11-16)31-10-9-30-21/h1,6-8,11,17-19,29H,2-5,9-10,12-15H2/t18-,19-/m1/s1. The topological polar surface area (TPSA) is 76.8 Å². The number of ether oxygens (including phenoxy) is 2. The third-order valence-corrected chi connectivity index (χ3v) is 7.30. The van der Waals surface area contributed by atoms with E-state index in [1.807, 2.05) is 12.1 Å². The Bertz CT molecular complexity index is 1030. The summed E-state index contributed by atoms with van der Waals surface area (Å²) in [5.74, 6) is 2.13. The zero-order chi connectivity index (χ0) is 21.0. The zero-order valence-corrected chi connectivity index (χ0v) is 17.7. The van der Waals surface area contributed by atoms with Crippen LogP contribution in [0.2, 0.25) is 0 Å². The molecule has 7 heteroatoms. The molecule has 1 aromatic heterocycles. The van der Waals surface area contributed by atoms with Crippen LogP contribution < -0.4 is 15.0 Å². The molecule has 6 rings (SSSR count). The van der Waals surface area contributed by atoms with Crippen molar-refractivity contribution in [3.63, 3.8) is 0 Å². The summed E-state index contributed by atoms with van der Waals surface area (Å²) < 4.78 is 12.9. The first-order valence-electron chi connectivity index (χ1n) is 11.5. The van der Waals surface area contributed by atoms with Crippen molar-refractivity contribution in [1.82, 2.24) is 14.7 Å². The van der Waals surface area contributed by atoms with Gasteiger partial charge >= 0.3 is 0 Å². The molecule has 2 bridgehead atoms. The maximum Gasteiger partial charge on any atom is 0.266 e. The molecule has 2 saturated heterocycles. The lowest BCUT2D eigenvalue weighted by molar-refractivity contribution is -0.0678. The van der Waals surface area contributed by atoms with Crippen LogP contribution in [0.1, 0.15) is 55.7 Å². The van der Waals surface area contributed by atoms with E-state index in [2.05, 4.69) is 22.1 Å². The van der Waals surface area contributed by atoms with Crippen LogP contribution in [-0.2, 0) is 13.1 Å². The summed E-state index contributed by atoms with van der Waals surface area (Å²) in [5, 5.41) is 16.0. The van der Waals surface area contributed by atoms with E-state index in [-0.39, 0.29) is 12.1 Å². The van der Waals surface area contributed by atoms with Crippen LogP contribution in [0.25, 0.3) is 0 Å². The van der Waals surface area contributed by atoms with Crippen molar-refractivity contribution in [3.05, 3.63) is 51.9 Å². The molecule has 4 heterocycles. The summed E-state index contributed by atoms with van der Waals surface area (Å²) in [6, 6.07) is 10.3. The second-order valence-corrected chi connectivity index (χ2v) is 9.70. The van der Waals surface area contributed by atoms with Gasteiger partial charge in [0.15, 0.2) is 11.5 Å². The molecule has 3 aliphatic heterocycles. The molecule has 7 nitrogen and oxygen atoms in total. The van der Waals surface area contributed by atoms with Crippen molar-refractivity contribution < 1.29 is 14.6 Å². The minimum absolute atomic E-state index is 0.121. The van der Waals surface area contributed by atoms with Gasteiger partial charge in [-0.15, -0.1) is 0 Å². The summed E-state index contributed by atoms with van der Waals surface area (Å²) in [6.45, 7) is 2.32. The lowest BCUT2D eigenvalue weighted by Crippen LogP contribution is -2.53. The van der Waals surface area contributed by atoms with Gasteiger partial charge in [-0.3, -0.25) is 9.69 Å². The number of hydrogen-bond donors (Lipinski definition) is 1. The van der Waals surface area contributed by atoms with Crippen LogP contribution in [0, 0.1) is 0 Å². The van der Waals surface area contributed by atoms with Crippen molar-refractivity contribution >= 4 is 0 Å². The van der Waals surface area contributed by atoms with Gasteiger partial charge in [0.05, 0.1) is 17.8 Å². The highest BCUT2D eigenvalue weighted by atomic mass is 16.6. The van der Waals surface area contributed by atoms with Gasteiger partial charge in [0.25, 0.3) is 5.56 Å². The van der Waals surface area contributed by atoms with E-state index >= 15 is 0 Å². The van der Waals surface area contributed by atoms with Crippen molar-refractivity contribution in [2.45, 2.75) is 75.2 Å². The van der Waals surface area contributed by atoms with Gasteiger partial charge in [-0.1, -0.05) is 6.07 Å². The van der Waals surface area contributed by atoms with Crippen LogP contribution in [0.4, 0.5) is 0 Å². The molecular weight excluding hydrogens is 394 g/mol. The summed E-state index contributed by atoms with van der Waals surface area (Å²) in [6.07, 6.45) is 5.82. The normalized spacial score (nSPS) is 29.8. The van der Waals surface area contributed by atoms with E-state index in [9.17, 15) is 9.90 Å². The summed E-state index contributed by atoms with van der Waals surface area (Å²) in [5.41, 5.74) is 1.20. The minimum atomic E-state index is -0.881. The maximum absolute atomic E-state index is 12.4. The molecule has 0 spiro atoms. The molecule has 1 aromatic carbocycles. The van der Waals surface area contributed by atoms with Crippen LogP contribution in [0.15, 0.2) is 35.1 Å². The monoisotopic (exact) mass is 423 g/mol. The molecular formula is C24H29N3O4. The minimum Gasteiger partial charge on any atom is -0.486 e. The fraction of sp³-hybridized carbons (Fsp3) is 0.583. The number of nitrogens with zero attached hydrogens (tertiary/aromatic N) is 3. The molecule has 0 radical (unpaired) electrons. The van der Waals surface area contributed by atoms with Gasteiger partial charge in [0.1, 0.15) is 13.2 Å². The van der Waals surface area contributed by atoms with E-state index in [4.69, 9.17) is 9.47 Å². The molecule has 164 valence electrons. The third kappa shape index (κ3) is 3.74. The lowest BCUT2D eigenvalue weighted by atomic mass is 9.85. The summed E-state index contributed by atoms with van der Waals surface area (Å²) >= 11 is 0. The van der Waals surface area contributed by atoms with E-state index < -0.39 is 5.60 Å². The van der Waals surface area contributed by atoms with E-state index in [1.165, 1.54) is 10.2 Å². The number of aliphatic hydroxyl groups is 1. The highest BCUT2D eigenvalue weighted by molar-refractivity contribution is 5.43. The highest BCUT2D eigenvalue weighted by Crippen LogP contribution is 2.43. The molecule has 31 heavy (non-hydrogen) atoms. The fourth-order valence-electron chi connectivity index (χ4n) is 5.65. The second-order valence-electron chi connectivity index (χ2n) is 9.70. The zero-order valence-electron chi connectivity index (χ0n) is 17.7. The van der Waals surface area contributed by atoms with Crippen molar-refractivity contribution in [3.8, 4) is 11.5 Å². The average molecular weight is 424 g/mol. The van der Waals surface area contributed by atoms with E-state index in [1.54, 1.807) is 6.07 Å². The Labute approximate surface area is 181 Å². The maximum atomic E-state index is 12.4. The number of piperidine rings is 1. The number of aromatic nitrogens is 2. The first kappa shape index (κ1) is 19.3. The van der Waals surface area contributed by atoms with Crippen molar-refractivity contribution in [1.29, 1.82) is 0 Å². The Kier molecular flexibility index (Phi) is 4.58. The average Bonchev–Trinajstić information content (AvgIpc) is 3.57. The molecule has 1 aliphatic carbocycles. The molecule has 3 fully saturated rings. The number of benzene rings is 1. The van der Waals surface area contributed by atoms with Crippen LogP contribution >= 0.6 is 0 Å². The molecule has 2 atom stereocenters. The third-order valence-electron chi connectivity index (χ3n) is 7.30. The molecule has 2 aromatic rings. The SMILES string of the molecule is O=c1ccc(C2CC2)nn1CC1(O)C[C@H]2CC[C@H](C1)N2Cc1ccc2c(c1)OCCO2. The van der Waals surface area contributed by atoms with Gasteiger partial charge in [-0.2, -0.15) is 5.10 Å². The Morgan fingerprint density at radius 3 is 2.48 bits per heavy atom. The smallest absolute Gasteiger partial charge is 0.266 e. The molecule has 0 amide bonds. The van der Waals surface area contributed by atoms with Gasteiger partial charge in [0, 0.05) is 30.6 Å². The van der Waals surface area contributed by atoms with Crippen LogP contribution in [-0.4, -0.2) is 50.7 Å². The van der Waals surface area contributed by atoms with Gasteiger partial charge in [-0.05, 0) is 62.3 Å². The summed E-state index contributed by atoms with van der Waals surface area (Å²) in [7, 11) is 0. The van der Waals surface area contributed by atoms with Gasteiger partial charge in [-0.25, -0.2) is 4.68 Å². The molecule has 0 unspecified atom stereocenters. The van der Waals surface area contributed by atoms with E-state index in [0.717, 1.165) is 49.4 Å². The van der Waals surface area contributed by atoms with Crippen molar-refractivity contribution in [2.75, 3.05) is 13.2 Å². The Balaban J connectivity index is 1.17. The van der Waals surface area contributed by atoms with Gasteiger partial charge < -0.3 is 14.6 Å². The highest BCUT2D eigenvalue weighted by Gasteiger charge is 2.47. The number of hydrogen-bond acceptors (Lipinski definition) is 6. The van der Waals surface area contributed by atoms with Gasteiger partial charge in [0.2, 0.25) is 0 Å².